The molecule has 0 heterocycles. The van der Waals surface area contributed by atoms with E-state index in [1.807, 2.05) is 48.5 Å². The molecule has 39 heavy (non-hydrogen) atoms. The van der Waals surface area contributed by atoms with Crippen molar-refractivity contribution >= 4 is 59.7 Å². The molecule has 0 atom stereocenters. The number of ether oxygens (including phenoxy) is 1. The molecule has 0 unspecified atom stereocenters. The van der Waals surface area contributed by atoms with Crippen LogP contribution in [-0.2, 0) is 11.9 Å². The van der Waals surface area contributed by atoms with Crippen LogP contribution in [0.25, 0.3) is 0 Å². The van der Waals surface area contributed by atoms with Gasteiger partial charge in [-0.2, -0.15) is 0 Å². The number of carbonyl (C=O) groups is 2. The van der Waals surface area contributed by atoms with Crippen LogP contribution in [0.15, 0.2) is 93.9 Å². The molecule has 0 radical (unpaired) electrons. The molecule has 0 aromatic heterocycles. The summed E-state index contributed by atoms with van der Waals surface area (Å²) < 4.78 is 6.58. The van der Waals surface area contributed by atoms with Crippen LogP contribution >= 0.6 is 47.8 Å². The number of phenols is 2. The highest BCUT2D eigenvalue weighted by Crippen LogP contribution is 2.31. The average molecular weight is 725 g/mol. The van der Waals surface area contributed by atoms with E-state index in [1.165, 1.54) is 5.56 Å². The second kappa shape index (κ2) is 15.9. The summed E-state index contributed by atoms with van der Waals surface area (Å²) in [6.45, 7) is 2.20. The van der Waals surface area contributed by atoms with E-state index >= 15 is 0 Å². The summed E-state index contributed by atoms with van der Waals surface area (Å²) in [6.07, 6.45) is 0. The van der Waals surface area contributed by atoms with Gasteiger partial charge in [0, 0.05) is 11.4 Å². The Labute approximate surface area is 251 Å². The van der Waals surface area contributed by atoms with Gasteiger partial charge in [0.1, 0.15) is 29.4 Å². The summed E-state index contributed by atoms with van der Waals surface area (Å²) in [5.74, 6) is -2.19. The van der Waals surface area contributed by atoms with Crippen molar-refractivity contribution in [1.82, 2.24) is 0 Å². The van der Waals surface area contributed by atoms with Crippen molar-refractivity contribution in [3.63, 3.8) is 0 Å². The Kier molecular flexibility index (Phi) is 13.0. The summed E-state index contributed by atoms with van der Waals surface area (Å²) in [5.41, 5.74) is 3.10. The number of benzene rings is 4. The van der Waals surface area contributed by atoms with Crippen LogP contribution in [0, 0.1) is 6.92 Å². The van der Waals surface area contributed by atoms with Crippen LogP contribution in [-0.4, -0.2) is 32.4 Å². The summed E-state index contributed by atoms with van der Waals surface area (Å²) >= 11 is 9.62. The maximum absolute atomic E-state index is 11.0. The third kappa shape index (κ3) is 10.4. The largest absolute Gasteiger partial charge is 0.507 e. The fourth-order valence-corrected chi connectivity index (χ4v) is 4.20. The number of carboxylic acid groups (broad SMARTS) is 2. The first-order chi connectivity index (χ1) is 18.5. The standard InChI is InChI=1S/C15H13BrO3.C7H5BrO4.C7H7Br/c1-10-7-14(13(16)8-12(10)15(17)18)19-9-11-5-3-2-4-6-11;8-4-1-3(7(11)12)5(9)2-6(4)10;8-6-7-4-2-1-3-5-7/h2-8H,9H2,1H3,(H,17,18);1-2,9-10H,(H,11,12);1-5H,6H2. The van der Waals surface area contributed by atoms with E-state index in [9.17, 15) is 9.59 Å². The van der Waals surface area contributed by atoms with Gasteiger partial charge in [0.25, 0.3) is 0 Å². The first-order valence-corrected chi connectivity index (χ1v) is 14.0. The van der Waals surface area contributed by atoms with Crippen LogP contribution in [0.4, 0.5) is 0 Å². The lowest BCUT2D eigenvalue weighted by Crippen LogP contribution is -2.02. The van der Waals surface area contributed by atoms with E-state index in [0.717, 1.165) is 23.0 Å². The number of hydrogen-bond acceptors (Lipinski definition) is 5. The molecule has 0 aliphatic heterocycles. The van der Waals surface area contributed by atoms with E-state index in [4.69, 9.17) is 25.2 Å². The molecule has 4 aromatic rings. The Bertz CT molecular complexity index is 1400. The number of phenolic OH excluding ortho intramolecular Hbond substituents is 1. The molecule has 10 heteroatoms. The number of aryl methyl sites for hydroxylation is 1. The van der Waals surface area contributed by atoms with E-state index in [0.29, 0.717) is 22.4 Å². The SMILES string of the molecule is BrCc1ccccc1.Cc1cc(OCc2ccccc2)c(Br)cc1C(=O)O.O=C(O)c1cc(Br)c(O)cc1O. The molecule has 4 aromatic carbocycles. The highest BCUT2D eigenvalue weighted by molar-refractivity contribution is 9.11. The fourth-order valence-electron chi connectivity index (χ4n) is 3.02. The quantitative estimate of drug-likeness (QED) is 0.148. The second-order valence-corrected chi connectivity index (χ2v) is 10.2. The van der Waals surface area contributed by atoms with Gasteiger partial charge in [0.05, 0.1) is 14.5 Å². The lowest BCUT2D eigenvalue weighted by Gasteiger charge is -2.11. The topological polar surface area (TPSA) is 124 Å². The van der Waals surface area contributed by atoms with Crippen molar-refractivity contribution in [2.24, 2.45) is 0 Å². The summed E-state index contributed by atoms with van der Waals surface area (Å²) in [6, 6.07) is 25.5. The van der Waals surface area contributed by atoms with Crippen LogP contribution in [0.2, 0.25) is 0 Å². The van der Waals surface area contributed by atoms with Crippen LogP contribution in [0.1, 0.15) is 37.4 Å². The molecule has 0 amide bonds. The summed E-state index contributed by atoms with van der Waals surface area (Å²) in [4.78, 5) is 21.4. The highest BCUT2D eigenvalue weighted by atomic mass is 79.9. The van der Waals surface area contributed by atoms with Gasteiger partial charge in [0.2, 0.25) is 0 Å². The Morgan fingerprint density at radius 3 is 1.72 bits per heavy atom. The lowest BCUT2D eigenvalue weighted by molar-refractivity contribution is 0.0683. The summed E-state index contributed by atoms with van der Waals surface area (Å²) in [5, 5.41) is 36.5. The molecular formula is C29H25Br3O7. The third-order valence-corrected chi connectivity index (χ3v) is 6.94. The van der Waals surface area contributed by atoms with Crippen LogP contribution in [0.3, 0.4) is 0 Å². The fraction of sp³-hybridized carbons (Fsp3) is 0.103. The first kappa shape index (κ1) is 31.9. The van der Waals surface area contributed by atoms with E-state index < -0.39 is 17.7 Å². The molecule has 7 nitrogen and oxygen atoms in total. The molecule has 0 fully saturated rings. The lowest BCUT2D eigenvalue weighted by atomic mass is 10.1. The van der Waals surface area contributed by atoms with Crippen molar-refractivity contribution < 1.29 is 34.8 Å². The van der Waals surface area contributed by atoms with Gasteiger partial charge >= 0.3 is 11.9 Å². The van der Waals surface area contributed by atoms with Crippen molar-refractivity contribution in [2.45, 2.75) is 18.9 Å². The molecule has 4 rings (SSSR count). The molecule has 0 spiro atoms. The minimum Gasteiger partial charge on any atom is -0.507 e. The Morgan fingerprint density at radius 1 is 0.718 bits per heavy atom. The molecule has 0 aliphatic carbocycles. The zero-order valence-electron chi connectivity index (χ0n) is 20.6. The monoisotopic (exact) mass is 722 g/mol. The predicted octanol–water partition coefficient (Wildman–Crippen LogP) is 8.17. The number of aromatic carboxylic acids is 2. The summed E-state index contributed by atoms with van der Waals surface area (Å²) in [7, 11) is 0. The number of aromatic hydroxyl groups is 2. The van der Waals surface area contributed by atoms with Crippen LogP contribution in [0.5, 0.6) is 17.2 Å². The predicted molar refractivity (Wildman–Crippen MR) is 160 cm³/mol. The van der Waals surface area contributed by atoms with Crippen LogP contribution < -0.4 is 4.74 Å². The minimum atomic E-state index is -1.24. The van der Waals surface area contributed by atoms with E-state index in [1.54, 1.807) is 19.1 Å². The minimum absolute atomic E-state index is 0.197. The molecule has 204 valence electrons. The molecule has 0 saturated heterocycles. The van der Waals surface area contributed by atoms with Gasteiger partial charge in [-0.25, -0.2) is 9.59 Å². The number of rotatable bonds is 6. The Morgan fingerprint density at radius 2 is 1.23 bits per heavy atom. The number of carboxylic acids is 2. The normalized spacial score (nSPS) is 9.85. The highest BCUT2D eigenvalue weighted by Gasteiger charge is 2.13. The maximum atomic E-state index is 11.0. The van der Waals surface area contributed by atoms with Crippen molar-refractivity contribution in [1.29, 1.82) is 0 Å². The first-order valence-electron chi connectivity index (χ1n) is 11.3. The maximum Gasteiger partial charge on any atom is 0.339 e. The van der Waals surface area contributed by atoms with E-state index in [-0.39, 0.29) is 21.3 Å². The zero-order chi connectivity index (χ0) is 28.9. The van der Waals surface area contributed by atoms with E-state index in [2.05, 4.69) is 59.9 Å². The number of alkyl halides is 1. The molecule has 0 aliphatic rings. The Hall–Kier alpha value is -3.34. The van der Waals surface area contributed by atoms with Gasteiger partial charge < -0.3 is 25.2 Å². The molecular weight excluding hydrogens is 700 g/mol. The Balaban J connectivity index is 0.000000227. The van der Waals surface area contributed by atoms with Gasteiger partial charge in [-0.1, -0.05) is 76.6 Å². The van der Waals surface area contributed by atoms with Crippen molar-refractivity contribution in [3.8, 4) is 17.2 Å². The second-order valence-electron chi connectivity index (χ2n) is 7.92. The van der Waals surface area contributed by atoms with Crippen molar-refractivity contribution in [3.05, 3.63) is 122 Å². The van der Waals surface area contributed by atoms with Gasteiger partial charge in [-0.15, -0.1) is 0 Å². The van der Waals surface area contributed by atoms with Gasteiger partial charge in [-0.3, -0.25) is 0 Å². The smallest absolute Gasteiger partial charge is 0.339 e. The van der Waals surface area contributed by atoms with Crippen molar-refractivity contribution in [2.75, 3.05) is 0 Å². The molecule has 4 N–H and O–H groups in total. The molecule has 0 bridgehead atoms. The van der Waals surface area contributed by atoms with Gasteiger partial charge in [-0.05, 0) is 73.7 Å². The molecule has 0 saturated carbocycles. The number of halogens is 3. The third-order valence-electron chi connectivity index (χ3n) is 5.04. The number of hydrogen-bond donors (Lipinski definition) is 4. The average Bonchev–Trinajstić information content (AvgIpc) is 2.92. The zero-order valence-corrected chi connectivity index (χ0v) is 25.4. The van der Waals surface area contributed by atoms with Gasteiger partial charge in [0.15, 0.2) is 0 Å².